The minimum Gasteiger partial charge on any atom is -0.225 e. The van der Waals surface area contributed by atoms with E-state index in [-0.39, 0.29) is 0 Å². The molecule has 0 bridgehead atoms. The first-order valence-corrected chi connectivity index (χ1v) is 11.0. The van der Waals surface area contributed by atoms with Crippen molar-refractivity contribution in [2.75, 3.05) is 6.54 Å². The summed E-state index contributed by atoms with van der Waals surface area (Å²) >= 11 is 0. The van der Waals surface area contributed by atoms with Crippen molar-refractivity contribution in [2.45, 2.75) is 58.7 Å². The third kappa shape index (κ3) is 5.64. The van der Waals surface area contributed by atoms with Crippen molar-refractivity contribution in [3.63, 3.8) is 0 Å². The van der Waals surface area contributed by atoms with E-state index in [1.165, 1.54) is 23.7 Å². The summed E-state index contributed by atoms with van der Waals surface area (Å²) in [7, 11) is -1.35. The molecule has 0 radical (unpaired) electrons. The van der Waals surface area contributed by atoms with Crippen LogP contribution in [-0.4, -0.2) is 20.6 Å². The van der Waals surface area contributed by atoms with Crippen LogP contribution in [0.4, 0.5) is 5.69 Å². The number of para-hydroxylation sites is 1. The van der Waals surface area contributed by atoms with E-state index in [9.17, 15) is 0 Å². The average Bonchev–Trinajstić information content (AvgIpc) is 2.57. The maximum Gasteiger partial charge on any atom is 0.137 e. The molecule has 22 heavy (non-hydrogen) atoms. The Morgan fingerprint density at radius 2 is 1.68 bits per heavy atom. The first kappa shape index (κ1) is 18.4. The molecule has 3 heteroatoms. The smallest absolute Gasteiger partial charge is 0.137 e. The molecule has 0 aliphatic rings. The fraction of sp³-hybridized carbons (Fsp3) is 0.526. The second-order valence-corrected chi connectivity index (χ2v) is 10.5. The molecule has 0 saturated carbocycles. The van der Waals surface area contributed by atoms with E-state index in [4.69, 9.17) is 0 Å². The molecule has 1 rings (SSSR count). The topological polar surface area (TPSA) is 24.7 Å². The molecule has 1 aromatic rings. The summed E-state index contributed by atoms with van der Waals surface area (Å²) in [6.45, 7) is 9.74. The number of benzene rings is 1. The first-order chi connectivity index (χ1) is 10.7. The maximum atomic E-state index is 4.35. The zero-order valence-electron chi connectivity index (χ0n) is 14.4. The van der Waals surface area contributed by atoms with Crippen molar-refractivity contribution in [3.05, 3.63) is 29.8 Å². The molecule has 0 unspecified atom stereocenters. The number of hydrogen-bond acceptors (Lipinski definition) is 2. The van der Waals surface area contributed by atoms with Crippen molar-refractivity contribution in [1.82, 2.24) is 0 Å². The van der Waals surface area contributed by atoms with Gasteiger partial charge < -0.3 is 0 Å². The Labute approximate surface area is 136 Å². The molecule has 0 aliphatic heterocycles. The van der Waals surface area contributed by atoms with Crippen LogP contribution in [-0.2, 0) is 6.42 Å². The number of hydrogen-bond donors (Lipinski definition) is 0. The molecule has 1 aromatic carbocycles. The molecular weight excluding hydrogens is 284 g/mol. The van der Waals surface area contributed by atoms with Crippen LogP contribution in [0.1, 0.15) is 39.7 Å². The van der Waals surface area contributed by atoms with Crippen molar-refractivity contribution in [1.29, 1.82) is 0 Å². The third-order valence-corrected chi connectivity index (χ3v) is 9.00. The second-order valence-electron chi connectivity index (χ2n) is 5.54. The second kappa shape index (κ2) is 10.2. The van der Waals surface area contributed by atoms with Crippen LogP contribution < -0.4 is 0 Å². The lowest BCUT2D eigenvalue weighted by atomic mass is 10.1. The molecule has 0 saturated heterocycles. The molecule has 0 amide bonds. The van der Waals surface area contributed by atoms with Crippen molar-refractivity contribution >= 4 is 19.8 Å². The van der Waals surface area contributed by atoms with Crippen LogP contribution in [0, 0.1) is 11.5 Å². The van der Waals surface area contributed by atoms with Gasteiger partial charge in [-0.3, -0.25) is 0 Å². The van der Waals surface area contributed by atoms with Gasteiger partial charge in [0.1, 0.15) is 8.07 Å². The van der Waals surface area contributed by atoms with Gasteiger partial charge in [-0.25, -0.2) is 4.99 Å². The van der Waals surface area contributed by atoms with Crippen LogP contribution >= 0.6 is 0 Å². The summed E-state index contributed by atoms with van der Waals surface area (Å²) in [4.78, 5) is 8.49. The van der Waals surface area contributed by atoms with Gasteiger partial charge in [0, 0.05) is 13.0 Å². The van der Waals surface area contributed by atoms with Crippen LogP contribution in [0.15, 0.2) is 34.3 Å². The summed E-state index contributed by atoms with van der Waals surface area (Å²) in [6, 6.07) is 14.7. The Bertz CT molecular complexity index is 562. The highest BCUT2D eigenvalue weighted by molar-refractivity contribution is 6.87. The highest BCUT2D eigenvalue weighted by atomic mass is 28.3. The molecule has 0 aromatic heterocycles. The van der Waals surface area contributed by atoms with Crippen molar-refractivity contribution in [3.8, 4) is 11.5 Å². The lowest BCUT2D eigenvalue weighted by Crippen LogP contribution is -2.29. The quantitative estimate of drug-likeness (QED) is 0.361. The lowest BCUT2D eigenvalue weighted by Gasteiger charge is -2.20. The van der Waals surface area contributed by atoms with E-state index in [0.717, 1.165) is 25.1 Å². The number of aliphatic imine (C=N–C) groups is 2. The van der Waals surface area contributed by atoms with E-state index in [0.29, 0.717) is 0 Å². The van der Waals surface area contributed by atoms with Crippen LogP contribution in [0.3, 0.4) is 0 Å². The van der Waals surface area contributed by atoms with E-state index < -0.39 is 8.07 Å². The molecule has 2 nitrogen and oxygen atoms in total. The standard InChI is InChI=1S/C19H28N2Si/c1-5-15-20-17-21-19-14-10-9-12-18(19)13-11-16-22(6-2,7-3)8-4/h9-10,12,14H,5-8,13,15H2,1-4H3. The van der Waals surface area contributed by atoms with Gasteiger partial charge in [-0.1, -0.05) is 45.9 Å². The van der Waals surface area contributed by atoms with E-state index in [1.807, 2.05) is 18.2 Å². The van der Waals surface area contributed by atoms with Crippen molar-refractivity contribution in [2.24, 2.45) is 9.98 Å². The Kier molecular flexibility index (Phi) is 8.51. The SMILES string of the molecule is CCCN=C=Nc1ccccc1CC#C[Si](CC)(CC)CC. The predicted octanol–water partition coefficient (Wildman–Crippen LogP) is 5.50. The molecule has 0 spiro atoms. The van der Waals surface area contributed by atoms with Crippen LogP contribution in [0.25, 0.3) is 0 Å². The van der Waals surface area contributed by atoms with Gasteiger partial charge in [-0.2, -0.15) is 4.99 Å². The summed E-state index contributed by atoms with van der Waals surface area (Å²) in [5, 5.41) is 0. The van der Waals surface area contributed by atoms with Gasteiger partial charge in [0.05, 0.1) is 11.7 Å². The molecular formula is C19H28N2Si. The van der Waals surface area contributed by atoms with E-state index >= 15 is 0 Å². The van der Waals surface area contributed by atoms with Gasteiger partial charge >= 0.3 is 0 Å². The predicted molar refractivity (Wildman–Crippen MR) is 99.8 cm³/mol. The Hall–Kier alpha value is -1.62. The van der Waals surface area contributed by atoms with Gasteiger partial charge in [0.2, 0.25) is 0 Å². The van der Waals surface area contributed by atoms with Gasteiger partial charge in [-0.05, 0) is 36.2 Å². The first-order valence-electron chi connectivity index (χ1n) is 8.41. The Balaban J connectivity index is 2.89. The third-order valence-electron chi connectivity index (χ3n) is 4.23. The molecule has 0 heterocycles. The fourth-order valence-corrected chi connectivity index (χ4v) is 4.86. The molecule has 0 aliphatic carbocycles. The largest absolute Gasteiger partial charge is 0.225 e. The van der Waals surface area contributed by atoms with E-state index in [1.54, 1.807) is 0 Å². The minimum absolute atomic E-state index is 0.768. The Morgan fingerprint density at radius 3 is 2.32 bits per heavy atom. The minimum atomic E-state index is -1.35. The van der Waals surface area contributed by atoms with Gasteiger partial charge in [0.15, 0.2) is 0 Å². The van der Waals surface area contributed by atoms with Gasteiger partial charge in [0.25, 0.3) is 0 Å². The summed E-state index contributed by atoms with van der Waals surface area (Å²) in [5.74, 6) is 3.43. The summed E-state index contributed by atoms with van der Waals surface area (Å²) in [6.07, 6.45) is 1.79. The summed E-state index contributed by atoms with van der Waals surface area (Å²) in [5.41, 5.74) is 5.74. The van der Waals surface area contributed by atoms with Gasteiger partial charge in [-0.15, -0.1) is 11.5 Å². The monoisotopic (exact) mass is 312 g/mol. The average molecular weight is 313 g/mol. The summed E-state index contributed by atoms with van der Waals surface area (Å²) < 4.78 is 0. The lowest BCUT2D eigenvalue weighted by molar-refractivity contribution is 0.937. The normalized spacial score (nSPS) is 10.4. The molecule has 0 N–H and O–H groups in total. The van der Waals surface area contributed by atoms with Crippen molar-refractivity contribution < 1.29 is 0 Å². The highest BCUT2D eigenvalue weighted by Gasteiger charge is 2.23. The maximum absolute atomic E-state index is 4.35. The Morgan fingerprint density at radius 1 is 1.00 bits per heavy atom. The molecule has 0 atom stereocenters. The van der Waals surface area contributed by atoms with Crippen LogP contribution in [0.5, 0.6) is 0 Å². The van der Waals surface area contributed by atoms with Crippen LogP contribution in [0.2, 0.25) is 18.1 Å². The highest BCUT2D eigenvalue weighted by Crippen LogP contribution is 2.20. The van der Waals surface area contributed by atoms with E-state index in [2.05, 4.69) is 61.2 Å². The number of rotatable bonds is 7. The molecule has 0 fully saturated rings. The number of nitrogens with zero attached hydrogens (tertiary/aromatic N) is 2. The zero-order valence-corrected chi connectivity index (χ0v) is 15.4. The molecule has 118 valence electrons. The zero-order chi connectivity index (χ0) is 16.3. The fourth-order valence-electron chi connectivity index (χ4n) is 2.36.